The van der Waals surface area contributed by atoms with E-state index in [2.05, 4.69) is 66.5 Å². The summed E-state index contributed by atoms with van der Waals surface area (Å²) < 4.78 is 6.65. The van der Waals surface area contributed by atoms with Gasteiger partial charge in [0.15, 0.2) is 0 Å². The average molecular weight is 280 g/mol. The normalized spacial score (nSPS) is 21.2. The van der Waals surface area contributed by atoms with Crippen molar-refractivity contribution in [1.29, 1.82) is 0 Å². The van der Waals surface area contributed by atoms with Crippen LogP contribution < -0.4 is 0 Å². The SMILES string of the molecule is [CH3][Zr]([CH]=[SiH2])([CH]1C=CC=C1)[CH]1C=CC=C1. The minimum atomic E-state index is -2.12. The fourth-order valence-corrected chi connectivity index (χ4v) is 13.0. The summed E-state index contributed by atoms with van der Waals surface area (Å²) in [6.45, 7) is 0. The topological polar surface area (TPSA) is 0 Å². The van der Waals surface area contributed by atoms with Gasteiger partial charge in [-0.25, -0.2) is 0 Å². The molecule has 0 aromatic heterocycles. The Balaban J connectivity index is 2.28. The molecule has 2 aliphatic carbocycles. The van der Waals surface area contributed by atoms with E-state index < -0.39 is 20.3 Å². The zero-order chi connectivity index (χ0) is 10.0. The Morgan fingerprint density at radius 2 is 1.29 bits per heavy atom. The predicted molar refractivity (Wildman–Crippen MR) is 64.5 cm³/mol. The number of rotatable bonds is 3. The van der Waals surface area contributed by atoms with Gasteiger partial charge in [0.05, 0.1) is 0 Å². The van der Waals surface area contributed by atoms with Gasteiger partial charge < -0.3 is 0 Å². The van der Waals surface area contributed by atoms with E-state index in [1.54, 1.807) is 0 Å². The molecule has 0 aromatic carbocycles. The van der Waals surface area contributed by atoms with Gasteiger partial charge in [0.2, 0.25) is 0 Å². The van der Waals surface area contributed by atoms with Crippen molar-refractivity contribution >= 4 is 13.2 Å². The van der Waals surface area contributed by atoms with Gasteiger partial charge in [-0.3, -0.25) is 0 Å². The summed E-state index contributed by atoms with van der Waals surface area (Å²) in [4.78, 5) is 0. The fraction of sp³-hybridized carbons (Fsp3) is 0.250. The van der Waals surface area contributed by atoms with Gasteiger partial charge in [-0.2, -0.15) is 0 Å². The average Bonchev–Trinajstić information content (AvgIpc) is 2.88. The van der Waals surface area contributed by atoms with Crippen LogP contribution in [0.5, 0.6) is 0 Å². The van der Waals surface area contributed by atoms with Gasteiger partial charge in [0, 0.05) is 0 Å². The molecule has 0 saturated carbocycles. The van der Waals surface area contributed by atoms with Crippen LogP contribution in [0.2, 0.25) is 11.9 Å². The second-order valence-corrected chi connectivity index (χ2v) is 17.6. The van der Waals surface area contributed by atoms with Crippen molar-refractivity contribution < 1.29 is 20.3 Å². The van der Waals surface area contributed by atoms with Crippen LogP contribution in [0, 0.1) is 0 Å². The summed E-state index contributed by atoms with van der Waals surface area (Å²) in [7, 11) is 2.06. The molecule has 2 rings (SSSR count). The van der Waals surface area contributed by atoms with Crippen LogP contribution in [-0.4, -0.2) is 13.2 Å². The second-order valence-electron chi connectivity index (χ2n) is 4.16. The number of hydrogen-bond donors (Lipinski definition) is 0. The quantitative estimate of drug-likeness (QED) is 0.696. The van der Waals surface area contributed by atoms with Crippen molar-refractivity contribution in [2.24, 2.45) is 0 Å². The van der Waals surface area contributed by atoms with Crippen LogP contribution in [0.3, 0.4) is 0 Å². The third-order valence-electron chi connectivity index (χ3n) is 3.37. The first-order valence-corrected chi connectivity index (χ1v) is 12.6. The van der Waals surface area contributed by atoms with Gasteiger partial charge in [-0.05, 0) is 0 Å². The molecule has 72 valence electrons. The van der Waals surface area contributed by atoms with Gasteiger partial charge >= 0.3 is 94.0 Å². The van der Waals surface area contributed by atoms with E-state index >= 15 is 0 Å². The third-order valence-corrected chi connectivity index (χ3v) is 19.7. The molecule has 0 unspecified atom stereocenters. The van der Waals surface area contributed by atoms with Gasteiger partial charge in [0.1, 0.15) is 0 Å². The number of hydrogen-bond acceptors (Lipinski definition) is 0. The molecule has 0 nitrogen and oxygen atoms in total. The van der Waals surface area contributed by atoms with E-state index in [0.717, 1.165) is 7.25 Å². The summed E-state index contributed by atoms with van der Waals surface area (Å²) in [6, 6.07) is 0. The van der Waals surface area contributed by atoms with Crippen LogP contribution in [0.4, 0.5) is 0 Å². The molecule has 0 atom stereocenters. The second kappa shape index (κ2) is 4.20. The fourth-order valence-electron chi connectivity index (χ4n) is 2.19. The summed E-state index contributed by atoms with van der Waals surface area (Å²) >= 11 is -2.12. The Morgan fingerprint density at radius 3 is 1.57 bits per heavy atom. The van der Waals surface area contributed by atoms with Gasteiger partial charge in [0.25, 0.3) is 0 Å². The van der Waals surface area contributed by atoms with Crippen LogP contribution in [0.15, 0.2) is 48.6 Å². The van der Waals surface area contributed by atoms with Gasteiger partial charge in [-0.15, -0.1) is 0 Å². The summed E-state index contributed by atoms with van der Waals surface area (Å²) in [5.41, 5.74) is 0. The molecule has 0 heterocycles. The Hall–Kier alpha value is -0.0700. The molecule has 0 bridgehead atoms. The molecule has 0 aliphatic heterocycles. The Labute approximate surface area is 93.5 Å². The Bertz CT molecular complexity index is 297. The molecule has 2 heteroatoms. The van der Waals surface area contributed by atoms with Crippen molar-refractivity contribution in [3.05, 3.63) is 48.6 Å². The predicted octanol–water partition coefficient (Wildman–Crippen LogP) is 2.41. The molecule has 14 heavy (non-hydrogen) atoms. The molecule has 0 spiro atoms. The maximum atomic E-state index is 2.57. The zero-order valence-corrected chi connectivity index (χ0v) is 12.4. The van der Waals surface area contributed by atoms with E-state index in [9.17, 15) is 0 Å². The van der Waals surface area contributed by atoms with Crippen molar-refractivity contribution in [2.75, 3.05) is 0 Å². The molecular weight excluding hydrogens is 263 g/mol. The molecular formula is C12H16SiZr. The Morgan fingerprint density at radius 1 is 0.929 bits per heavy atom. The first-order chi connectivity index (χ1) is 6.77. The molecule has 0 saturated heterocycles. The van der Waals surface area contributed by atoms with Crippen molar-refractivity contribution in [3.8, 4) is 0 Å². The molecule has 0 fully saturated rings. The van der Waals surface area contributed by atoms with E-state index in [1.807, 2.05) is 0 Å². The Kier molecular flexibility index (Phi) is 3.14. The van der Waals surface area contributed by atoms with Crippen molar-refractivity contribution in [3.63, 3.8) is 0 Å². The summed E-state index contributed by atoms with van der Waals surface area (Å²) in [5, 5.41) is 0. The first-order valence-electron chi connectivity index (χ1n) is 5.11. The maximum absolute atomic E-state index is 2.57. The molecule has 0 amide bonds. The zero-order valence-electron chi connectivity index (χ0n) is 8.56. The van der Waals surface area contributed by atoms with Crippen LogP contribution in [0.25, 0.3) is 0 Å². The third kappa shape index (κ3) is 1.70. The molecule has 0 aromatic rings. The first kappa shape index (κ1) is 10.4. The molecule has 2 aliphatic rings. The number of allylic oxidation sites excluding steroid dienone is 8. The van der Waals surface area contributed by atoms with Crippen LogP contribution in [0.1, 0.15) is 0 Å². The van der Waals surface area contributed by atoms with Crippen LogP contribution >= 0.6 is 0 Å². The van der Waals surface area contributed by atoms with E-state index in [-0.39, 0.29) is 0 Å². The minimum absolute atomic E-state index is 0.763. The van der Waals surface area contributed by atoms with Crippen LogP contribution in [-0.2, 0) is 20.3 Å². The molecule has 0 N–H and O–H groups in total. The van der Waals surface area contributed by atoms with Crippen molar-refractivity contribution in [1.82, 2.24) is 0 Å². The van der Waals surface area contributed by atoms with E-state index in [1.165, 1.54) is 0 Å². The van der Waals surface area contributed by atoms with Gasteiger partial charge in [-0.1, -0.05) is 0 Å². The summed E-state index contributed by atoms with van der Waals surface area (Å²) in [5.74, 6) is 0. The molecule has 0 radical (unpaired) electrons. The monoisotopic (exact) mass is 278 g/mol. The standard InChI is InChI=1S/2C5H5.CH3Si.CH3.Zr/c2*1-2-4-5-3-1;1-2;;/h2*1-5H;1H,2H2;1H3;. The van der Waals surface area contributed by atoms with Crippen molar-refractivity contribution in [2.45, 2.75) is 11.9 Å². The summed E-state index contributed by atoms with van der Waals surface area (Å²) in [6.07, 6.45) is 18.4. The van der Waals surface area contributed by atoms with E-state index in [4.69, 9.17) is 0 Å². The van der Waals surface area contributed by atoms with E-state index in [0.29, 0.717) is 0 Å².